The Bertz CT molecular complexity index is 541. The maximum atomic E-state index is 11.1. The third kappa shape index (κ3) is 1.56. The van der Waals surface area contributed by atoms with Crippen LogP contribution in [0.25, 0.3) is 10.8 Å². The SMILES string of the molecule is CC(C)(C=O)c1c(O)ccc2ccccc12. The number of rotatable bonds is 2. The second kappa shape index (κ2) is 3.63. The number of phenols is 1. The highest BCUT2D eigenvalue weighted by Gasteiger charge is 2.25. The van der Waals surface area contributed by atoms with E-state index in [0.717, 1.165) is 17.1 Å². The van der Waals surface area contributed by atoms with Gasteiger partial charge < -0.3 is 9.90 Å². The van der Waals surface area contributed by atoms with Gasteiger partial charge in [-0.1, -0.05) is 30.3 Å². The van der Waals surface area contributed by atoms with Crippen LogP contribution in [-0.2, 0) is 10.2 Å². The number of aldehydes is 1. The van der Waals surface area contributed by atoms with Crippen molar-refractivity contribution in [3.63, 3.8) is 0 Å². The third-order valence-electron chi connectivity index (χ3n) is 2.85. The van der Waals surface area contributed by atoms with E-state index in [9.17, 15) is 9.90 Å². The fourth-order valence-corrected chi connectivity index (χ4v) is 2.00. The smallest absolute Gasteiger partial charge is 0.130 e. The van der Waals surface area contributed by atoms with Gasteiger partial charge in [0, 0.05) is 11.0 Å². The maximum absolute atomic E-state index is 11.1. The number of aromatic hydroxyl groups is 1. The van der Waals surface area contributed by atoms with Crippen LogP contribution >= 0.6 is 0 Å². The third-order valence-corrected chi connectivity index (χ3v) is 2.85. The highest BCUT2D eigenvalue weighted by molar-refractivity contribution is 5.91. The van der Waals surface area contributed by atoms with E-state index in [2.05, 4.69) is 0 Å². The summed E-state index contributed by atoms with van der Waals surface area (Å²) < 4.78 is 0. The molecule has 2 aromatic carbocycles. The number of phenolic OH excluding ortho intramolecular Hbond substituents is 1. The summed E-state index contributed by atoms with van der Waals surface area (Å²) in [5.74, 6) is 0.177. The van der Waals surface area contributed by atoms with Crippen molar-refractivity contribution < 1.29 is 9.90 Å². The van der Waals surface area contributed by atoms with Crippen molar-refractivity contribution in [1.29, 1.82) is 0 Å². The van der Waals surface area contributed by atoms with Gasteiger partial charge in [0.15, 0.2) is 0 Å². The summed E-state index contributed by atoms with van der Waals surface area (Å²) >= 11 is 0. The van der Waals surface area contributed by atoms with Crippen LogP contribution in [0.4, 0.5) is 0 Å². The Balaban J connectivity index is 2.86. The first-order chi connectivity index (χ1) is 7.56. The zero-order valence-electron chi connectivity index (χ0n) is 9.40. The maximum Gasteiger partial charge on any atom is 0.130 e. The van der Waals surface area contributed by atoms with Gasteiger partial charge in [0.05, 0.1) is 0 Å². The van der Waals surface area contributed by atoms with Gasteiger partial charge in [0.2, 0.25) is 0 Å². The highest BCUT2D eigenvalue weighted by atomic mass is 16.3. The Morgan fingerprint density at radius 1 is 1.12 bits per heavy atom. The van der Waals surface area contributed by atoms with E-state index in [4.69, 9.17) is 0 Å². The van der Waals surface area contributed by atoms with Crippen LogP contribution in [0.2, 0.25) is 0 Å². The number of carbonyl (C=O) groups excluding carboxylic acids is 1. The van der Waals surface area contributed by atoms with Gasteiger partial charge in [0.1, 0.15) is 12.0 Å². The lowest BCUT2D eigenvalue weighted by molar-refractivity contribution is -0.111. The normalized spacial score (nSPS) is 11.6. The molecule has 2 rings (SSSR count). The van der Waals surface area contributed by atoms with Crippen LogP contribution in [-0.4, -0.2) is 11.4 Å². The molecule has 2 heteroatoms. The molecule has 0 aliphatic rings. The minimum Gasteiger partial charge on any atom is -0.508 e. The lowest BCUT2D eigenvalue weighted by Crippen LogP contribution is -2.19. The molecule has 16 heavy (non-hydrogen) atoms. The zero-order valence-corrected chi connectivity index (χ0v) is 9.40. The number of hydrogen-bond acceptors (Lipinski definition) is 2. The molecule has 0 heterocycles. The molecule has 0 atom stereocenters. The monoisotopic (exact) mass is 214 g/mol. The molecule has 0 saturated heterocycles. The zero-order chi connectivity index (χ0) is 11.8. The van der Waals surface area contributed by atoms with E-state index >= 15 is 0 Å². The molecule has 82 valence electrons. The molecular weight excluding hydrogens is 200 g/mol. The van der Waals surface area contributed by atoms with Crippen molar-refractivity contribution in [3.8, 4) is 5.75 Å². The van der Waals surface area contributed by atoms with Gasteiger partial charge >= 0.3 is 0 Å². The van der Waals surface area contributed by atoms with Crippen molar-refractivity contribution >= 4 is 17.1 Å². The van der Waals surface area contributed by atoms with Gasteiger partial charge in [-0.2, -0.15) is 0 Å². The quantitative estimate of drug-likeness (QED) is 0.780. The summed E-state index contributed by atoms with van der Waals surface area (Å²) in [6.07, 6.45) is 0.870. The number of carbonyl (C=O) groups is 1. The van der Waals surface area contributed by atoms with Crippen molar-refractivity contribution in [1.82, 2.24) is 0 Å². The lowest BCUT2D eigenvalue weighted by atomic mass is 9.82. The summed E-state index contributed by atoms with van der Waals surface area (Å²) in [6, 6.07) is 11.2. The molecule has 0 aliphatic carbocycles. The van der Waals surface area contributed by atoms with Crippen LogP contribution in [0.15, 0.2) is 36.4 Å². The van der Waals surface area contributed by atoms with E-state index in [1.807, 2.05) is 44.2 Å². The Labute approximate surface area is 94.5 Å². The fourth-order valence-electron chi connectivity index (χ4n) is 2.00. The van der Waals surface area contributed by atoms with Gasteiger partial charge in [-0.3, -0.25) is 0 Å². The van der Waals surface area contributed by atoms with E-state index < -0.39 is 5.41 Å². The molecule has 0 bridgehead atoms. The largest absolute Gasteiger partial charge is 0.508 e. The molecule has 2 aromatic rings. The highest BCUT2D eigenvalue weighted by Crippen LogP contribution is 2.35. The van der Waals surface area contributed by atoms with Crippen molar-refractivity contribution in [3.05, 3.63) is 42.0 Å². The summed E-state index contributed by atoms with van der Waals surface area (Å²) in [6.45, 7) is 3.61. The van der Waals surface area contributed by atoms with E-state index in [-0.39, 0.29) is 5.75 Å². The first kappa shape index (κ1) is 10.7. The van der Waals surface area contributed by atoms with E-state index in [0.29, 0.717) is 5.56 Å². The van der Waals surface area contributed by atoms with E-state index in [1.54, 1.807) is 6.07 Å². The number of benzene rings is 2. The Kier molecular flexibility index (Phi) is 2.43. The van der Waals surface area contributed by atoms with Crippen molar-refractivity contribution in [2.45, 2.75) is 19.3 Å². The average molecular weight is 214 g/mol. The Morgan fingerprint density at radius 3 is 2.50 bits per heavy atom. The molecule has 1 N–H and O–H groups in total. The van der Waals surface area contributed by atoms with Gasteiger partial charge in [-0.15, -0.1) is 0 Å². The molecule has 0 amide bonds. The predicted octanol–water partition coefficient (Wildman–Crippen LogP) is 3.02. The van der Waals surface area contributed by atoms with Crippen LogP contribution in [0.5, 0.6) is 5.75 Å². The van der Waals surface area contributed by atoms with Crippen LogP contribution in [0, 0.1) is 0 Å². The molecule has 0 unspecified atom stereocenters. The molecule has 0 fully saturated rings. The Morgan fingerprint density at radius 2 is 1.81 bits per heavy atom. The Hall–Kier alpha value is -1.83. The fraction of sp³-hybridized carbons (Fsp3) is 0.214. The summed E-state index contributed by atoms with van der Waals surface area (Å²) in [4.78, 5) is 11.1. The lowest BCUT2D eigenvalue weighted by Gasteiger charge is -2.21. The minimum atomic E-state index is -0.676. The topological polar surface area (TPSA) is 37.3 Å². The van der Waals surface area contributed by atoms with Crippen LogP contribution < -0.4 is 0 Å². The van der Waals surface area contributed by atoms with E-state index in [1.165, 1.54) is 0 Å². The van der Waals surface area contributed by atoms with Gasteiger partial charge in [-0.25, -0.2) is 0 Å². The summed E-state index contributed by atoms with van der Waals surface area (Å²) in [5.41, 5.74) is 0.0194. The molecule has 0 radical (unpaired) electrons. The predicted molar refractivity (Wildman–Crippen MR) is 64.7 cm³/mol. The van der Waals surface area contributed by atoms with Crippen molar-refractivity contribution in [2.24, 2.45) is 0 Å². The summed E-state index contributed by atoms with van der Waals surface area (Å²) in [7, 11) is 0. The second-order valence-electron chi connectivity index (χ2n) is 4.52. The molecule has 0 spiro atoms. The van der Waals surface area contributed by atoms with Crippen LogP contribution in [0.1, 0.15) is 19.4 Å². The molecular formula is C14H14O2. The average Bonchev–Trinajstić information content (AvgIpc) is 2.28. The first-order valence-corrected chi connectivity index (χ1v) is 5.24. The standard InChI is InChI=1S/C14H14O2/c1-14(2,9-15)13-11-6-4-3-5-10(11)7-8-12(13)16/h3-9,16H,1-2H3. The number of fused-ring (bicyclic) bond motifs is 1. The van der Waals surface area contributed by atoms with Gasteiger partial charge in [0.25, 0.3) is 0 Å². The molecule has 0 saturated carbocycles. The molecule has 0 aliphatic heterocycles. The first-order valence-electron chi connectivity index (χ1n) is 5.24. The molecule has 2 nitrogen and oxygen atoms in total. The summed E-state index contributed by atoms with van der Waals surface area (Å²) in [5, 5.41) is 11.9. The number of hydrogen-bond donors (Lipinski definition) is 1. The molecule has 0 aromatic heterocycles. The van der Waals surface area contributed by atoms with Gasteiger partial charge in [-0.05, 0) is 30.7 Å². The van der Waals surface area contributed by atoms with Crippen LogP contribution in [0.3, 0.4) is 0 Å². The minimum absolute atomic E-state index is 0.177. The second-order valence-corrected chi connectivity index (χ2v) is 4.52. The van der Waals surface area contributed by atoms with Crippen molar-refractivity contribution in [2.75, 3.05) is 0 Å².